The zero-order valence-electron chi connectivity index (χ0n) is 11.7. The van der Waals surface area contributed by atoms with Crippen LogP contribution in [0.5, 0.6) is 5.75 Å². The molecule has 1 aromatic rings. The fraction of sp³-hybridized carbons (Fsp3) is 0.500. The van der Waals surface area contributed by atoms with Gasteiger partial charge < -0.3 is 15.2 Å². The number of aliphatic hydroxyl groups excluding tert-OH is 1. The van der Waals surface area contributed by atoms with Crippen LogP contribution in [-0.2, 0) is 0 Å². The van der Waals surface area contributed by atoms with Crippen molar-refractivity contribution in [2.45, 2.75) is 37.8 Å². The van der Waals surface area contributed by atoms with E-state index in [2.05, 4.69) is 5.32 Å². The molecule has 21 heavy (non-hydrogen) atoms. The first-order valence-electron chi connectivity index (χ1n) is 6.82. The molecule has 1 fully saturated rings. The first-order chi connectivity index (χ1) is 10.0. The van der Waals surface area contributed by atoms with Crippen LogP contribution in [0.15, 0.2) is 18.2 Å². The number of nitro groups is 1. The number of hydrogen-bond donors (Lipinski definition) is 2. The van der Waals surface area contributed by atoms with Crippen LogP contribution in [0.3, 0.4) is 0 Å². The van der Waals surface area contributed by atoms with Gasteiger partial charge in [0, 0.05) is 12.1 Å². The maximum absolute atomic E-state index is 12.2. The fourth-order valence-electron chi connectivity index (χ4n) is 2.46. The van der Waals surface area contributed by atoms with E-state index in [-0.39, 0.29) is 35.1 Å². The Morgan fingerprint density at radius 3 is 2.62 bits per heavy atom. The lowest BCUT2D eigenvalue weighted by Gasteiger charge is -2.26. The van der Waals surface area contributed by atoms with Crippen molar-refractivity contribution in [1.29, 1.82) is 0 Å². The number of nitrogens with one attached hydrogen (secondary N) is 1. The van der Waals surface area contributed by atoms with Crippen molar-refractivity contribution >= 4 is 11.6 Å². The van der Waals surface area contributed by atoms with Gasteiger partial charge in [-0.3, -0.25) is 14.9 Å². The summed E-state index contributed by atoms with van der Waals surface area (Å²) in [6.45, 7) is 0. The van der Waals surface area contributed by atoms with Crippen molar-refractivity contribution in [1.82, 2.24) is 5.32 Å². The lowest BCUT2D eigenvalue weighted by atomic mass is 9.93. The molecule has 0 aromatic heterocycles. The predicted octanol–water partition coefficient (Wildman–Crippen LogP) is 1.64. The first kappa shape index (κ1) is 15.2. The number of methoxy groups -OCH3 is 1. The van der Waals surface area contributed by atoms with Crippen LogP contribution in [0.2, 0.25) is 0 Å². The molecule has 7 heteroatoms. The van der Waals surface area contributed by atoms with E-state index < -0.39 is 4.92 Å². The van der Waals surface area contributed by atoms with Gasteiger partial charge in [0.2, 0.25) is 0 Å². The second-order valence-electron chi connectivity index (χ2n) is 5.12. The number of non-ortho nitro benzene ring substituents is 1. The first-order valence-corrected chi connectivity index (χ1v) is 6.82. The fourth-order valence-corrected chi connectivity index (χ4v) is 2.46. The summed E-state index contributed by atoms with van der Waals surface area (Å²) in [5.41, 5.74) is 0.151. The quantitative estimate of drug-likeness (QED) is 0.649. The van der Waals surface area contributed by atoms with Gasteiger partial charge in [0.15, 0.2) is 0 Å². The van der Waals surface area contributed by atoms with Gasteiger partial charge in [-0.25, -0.2) is 0 Å². The van der Waals surface area contributed by atoms with E-state index in [1.165, 1.54) is 25.3 Å². The van der Waals surface area contributed by atoms with Gasteiger partial charge in [-0.2, -0.15) is 0 Å². The molecular formula is C14H18N2O5. The number of nitrogens with zero attached hydrogens (tertiary/aromatic N) is 1. The van der Waals surface area contributed by atoms with E-state index in [4.69, 9.17) is 4.74 Å². The molecular weight excluding hydrogens is 276 g/mol. The van der Waals surface area contributed by atoms with Gasteiger partial charge in [0.05, 0.1) is 29.8 Å². The highest BCUT2D eigenvalue weighted by Gasteiger charge is 2.23. The lowest BCUT2D eigenvalue weighted by molar-refractivity contribution is -0.384. The zero-order chi connectivity index (χ0) is 15.4. The SMILES string of the molecule is COc1cc([N+](=O)[O-])ccc1C(=O)NC1CCC(O)CC1. The summed E-state index contributed by atoms with van der Waals surface area (Å²) in [6.07, 6.45) is 2.50. The molecule has 0 bridgehead atoms. The summed E-state index contributed by atoms with van der Waals surface area (Å²) in [4.78, 5) is 22.4. The molecule has 2 rings (SSSR count). The third-order valence-corrected chi connectivity index (χ3v) is 3.67. The predicted molar refractivity (Wildman–Crippen MR) is 75.4 cm³/mol. The highest BCUT2D eigenvalue weighted by molar-refractivity contribution is 5.97. The molecule has 0 atom stereocenters. The van der Waals surface area contributed by atoms with Crippen molar-refractivity contribution in [2.75, 3.05) is 7.11 Å². The van der Waals surface area contributed by atoms with Gasteiger partial charge in [-0.1, -0.05) is 0 Å². The second-order valence-corrected chi connectivity index (χ2v) is 5.12. The molecule has 1 aliphatic carbocycles. The van der Waals surface area contributed by atoms with Gasteiger partial charge >= 0.3 is 0 Å². The van der Waals surface area contributed by atoms with Gasteiger partial charge in [-0.15, -0.1) is 0 Å². The average Bonchev–Trinajstić information content (AvgIpc) is 2.48. The smallest absolute Gasteiger partial charge is 0.273 e. The van der Waals surface area contributed by atoms with Crippen molar-refractivity contribution in [2.24, 2.45) is 0 Å². The molecule has 1 saturated carbocycles. The monoisotopic (exact) mass is 294 g/mol. The van der Waals surface area contributed by atoms with Crippen LogP contribution < -0.4 is 10.1 Å². The summed E-state index contributed by atoms with van der Waals surface area (Å²) in [6, 6.07) is 3.92. The van der Waals surface area contributed by atoms with Gasteiger partial charge in [-0.05, 0) is 31.7 Å². The molecule has 1 aliphatic rings. The Balaban J connectivity index is 2.10. The number of rotatable bonds is 4. The van der Waals surface area contributed by atoms with Crippen LogP contribution in [0, 0.1) is 10.1 Å². The summed E-state index contributed by atoms with van der Waals surface area (Å²) in [5.74, 6) is -0.138. The largest absolute Gasteiger partial charge is 0.496 e. The molecule has 0 spiro atoms. The second kappa shape index (κ2) is 6.53. The third-order valence-electron chi connectivity index (χ3n) is 3.67. The molecule has 2 N–H and O–H groups in total. The Morgan fingerprint density at radius 1 is 1.38 bits per heavy atom. The number of amides is 1. The van der Waals surface area contributed by atoms with Crippen molar-refractivity contribution in [3.63, 3.8) is 0 Å². The molecule has 0 radical (unpaired) electrons. The minimum absolute atomic E-state index is 0.0146. The Labute approximate surface area is 122 Å². The number of carbonyl (C=O) groups is 1. The maximum atomic E-state index is 12.2. The summed E-state index contributed by atoms with van der Waals surface area (Å²) >= 11 is 0. The van der Waals surface area contributed by atoms with E-state index in [1.807, 2.05) is 0 Å². The van der Waals surface area contributed by atoms with Crippen LogP contribution in [0.1, 0.15) is 36.0 Å². The number of ether oxygens (including phenoxy) is 1. The summed E-state index contributed by atoms with van der Waals surface area (Å²) in [7, 11) is 1.37. The molecule has 0 heterocycles. The van der Waals surface area contributed by atoms with Crippen molar-refractivity contribution in [3.05, 3.63) is 33.9 Å². The average molecular weight is 294 g/mol. The highest BCUT2D eigenvalue weighted by atomic mass is 16.6. The molecule has 0 unspecified atom stereocenters. The van der Waals surface area contributed by atoms with E-state index in [0.29, 0.717) is 12.8 Å². The summed E-state index contributed by atoms with van der Waals surface area (Å²) in [5, 5.41) is 23.0. The van der Waals surface area contributed by atoms with Crippen LogP contribution in [-0.4, -0.2) is 35.2 Å². The molecule has 1 amide bonds. The number of nitro benzene ring substituents is 1. The molecule has 114 valence electrons. The van der Waals surface area contributed by atoms with Crippen molar-refractivity contribution < 1.29 is 19.6 Å². The maximum Gasteiger partial charge on any atom is 0.273 e. The van der Waals surface area contributed by atoms with Crippen LogP contribution in [0.4, 0.5) is 5.69 Å². The highest BCUT2D eigenvalue weighted by Crippen LogP contribution is 2.25. The lowest BCUT2D eigenvalue weighted by Crippen LogP contribution is -2.38. The molecule has 7 nitrogen and oxygen atoms in total. The molecule has 1 aromatic carbocycles. The Morgan fingerprint density at radius 2 is 2.05 bits per heavy atom. The van der Waals surface area contributed by atoms with Gasteiger partial charge in [0.1, 0.15) is 5.75 Å². The number of aliphatic hydroxyl groups is 1. The summed E-state index contributed by atoms with van der Waals surface area (Å²) < 4.78 is 5.06. The minimum Gasteiger partial charge on any atom is -0.496 e. The van der Waals surface area contributed by atoms with E-state index in [9.17, 15) is 20.0 Å². The van der Waals surface area contributed by atoms with E-state index in [1.54, 1.807) is 0 Å². The van der Waals surface area contributed by atoms with Crippen molar-refractivity contribution in [3.8, 4) is 5.75 Å². The number of carbonyl (C=O) groups excluding carboxylic acids is 1. The number of benzene rings is 1. The Hall–Kier alpha value is -2.15. The molecule has 0 aliphatic heterocycles. The van der Waals surface area contributed by atoms with E-state index >= 15 is 0 Å². The topological polar surface area (TPSA) is 102 Å². The van der Waals surface area contributed by atoms with Crippen LogP contribution in [0.25, 0.3) is 0 Å². The third kappa shape index (κ3) is 3.69. The standard InChI is InChI=1S/C14H18N2O5/c1-21-13-8-10(16(19)20)4-7-12(13)14(18)15-9-2-5-11(17)6-3-9/h4,7-9,11,17H,2-3,5-6H2,1H3,(H,15,18). The van der Waals surface area contributed by atoms with E-state index in [0.717, 1.165) is 12.8 Å². The Bertz CT molecular complexity index is 538. The molecule has 0 saturated heterocycles. The van der Waals surface area contributed by atoms with Crippen LogP contribution >= 0.6 is 0 Å². The minimum atomic E-state index is -0.535. The Kier molecular flexibility index (Phi) is 4.74. The zero-order valence-corrected chi connectivity index (χ0v) is 11.7. The van der Waals surface area contributed by atoms with Gasteiger partial charge in [0.25, 0.3) is 11.6 Å². The normalized spacial score (nSPS) is 21.6. The number of hydrogen-bond acceptors (Lipinski definition) is 5.